The average molecular weight is 323 g/mol. The number of aliphatic hydroxyl groups is 1. The average Bonchev–Trinajstić information content (AvgIpc) is 2.34. The summed E-state index contributed by atoms with van der Waals surface area (Å²) in [5.41, 5.74) is -0.660. The number of carbonyl (C=O) groups is 1. The summed E-state index contributed by atoms with van der Waals surface area (Å²) in [6.45, 7) is 9.15. The molecule has 0 aromatic heterocycles. The standard InChI is InChI=1S/C18H33N3O2/c1-13-7-8-15(14-5-4-6-14)9-21(13)17(22)19-16-10-20(11-16)12-18(2,3)23/h13-16,23H,4-12H2,1-3H3,(H,19,22). The molecule has 23 heavy (non-hydrogen) atoms. The van der Waals surface area contributed by atoms with E-state index in [0.717, 1.165) is 37.9 Å². The predicted molar refractivity (Wildman–Crippen MR) is 91.3 cm³/mol. The maximum atomic E-state index is 12.6. The summed E-state index contributed by atoms with van der Waals surface area (Å²) in [4.78, 5) is 16.9. The van der Waals surface area contributed by atoms with E-state index < -0.39 is 5.60 Å². The van der Waals surface area contributed by atoms with E-state index in [0.29, 0.717) is 12.6 Å². The number of urea groups is 1. The maximum absolute atomic E-state index is 12.6. The molecule has 2 amide bonds. The van der Waals surface area contributed by atoms with Crippen molar-refractivity contribution < 1.29 is 9.90 Å². The molecule has 1 aliphatic carbocycles. The van der Waals surface area contributed by atoms with Gasteiger partial charge in [0.15, 0.2) is 0 Å². The molecule has 2 aliphatic heterocycles. The summed E-state index contributed by atoms with van der Waals surface area (Å²) in [7, 11) is 0. The molecule has 2 atom stereocenters. The molecule has 2 heterocycles. The Bertz CT molecular complexity index is 424. The molecule has 2 unspecified atom stereocenters. The van der Waals surface area contributed by atoms with E-state index in [9.17, 15) is 9.90 Å². The SMILES string of the molecule is CC1CCC(C2CCC2)CN1C(=O)NC1CN(CC(C)(C)O)C1. The van der Waals surface area contributed by atoms with Crippen LogP contribution in [0.15, 0.2) is 0 Å². The quantitative estimate of drug-likeness (QED) is 0.832. The van der Waals surface area contributed by atoms with Gasteiger partial charge in [-0.2, -0.15) is 0 Å². The van der Waals surface area contributed by atoms with Crippen molar-refractivity contribution in [3.05, 3.63) is 0 Å². The van der Waals surface area contributed by atoms with Gasteiger partial charge in [-0.25, -0.2) is 4.79 Å². The van der Waals surface area contributed by atoms with E-state index in [1.165, 1.54) is 25.7 Å². The van der Waals surface area contributed by atoms with E-state index in [1.807, 2.05) is 13.8 Å². The molecule has 132 valence electrons. The second kappa shape index (κ2) is 6.60. The van der Waals surface area contributed by atoms with Gasteiger partial charge in [0.2, 0.25) is 0 Å². The second-order valence-corrected chi connectivity index (χ2v) is 8.68. The zero-order valence-corrected chi connectivity index (χ0v) is 14.9. The Morgan fingerprint density at radius 2 is 1.83 bits per heavy atom. The fourth-order valence-electron chi connectivity index (χ4n) is 4.31. The van der Waals surface area contributed by atoms with Crippen molar-refractivity contribution in [1.29, 1.82) is 0 Å². The Balaban J connectivity index is 1.44. The molecule has 0 aromatic carbocycles. The van der Waals surface area contributed by atoms with E-state index >= 15 is 0 Å². The number of hydrogen-bond acceptors (Lipinski definition) is 3. The van der Waals surface area contributed by atoms with Gasteiger partial charge in [0, 0.05) is 32.2 Å². The van der Waals surface area contributed by atoms with Crippen LogP contribution in [0.2, 0.25) is 0 Å². The van der Waals surface area contributed by atoms with E-state index in [4.69, 9.17) is 0 Å². The first-order chi connectivity index (χ1) is 10.8. The number of rotatable bonds is 4. The smallest absolute Gasteiger partial charge is 0.317 e. The van der Waals surface area contributed by atoms with Crippen molar-refractivity contribution in [2.24, 2.45) is 11.8 Å². The van der Waals surface area contributed by atoms with Crippen LogP contribution in [0.4, 0.5) is 4.79 Å². The summed E-state index contributed by atoms with van der Waals surface area (Å²) < 4.78 is 0. The summed E-state index contributed by atoms with van der Waals surface area (Å²) >= 11 is 0. The molecule has 0 aromatic rings. The molecule has 3 aliphatic rings. The van der Waals surface area contributed by atoms with E-state index in [2.05, 4.69) is 22.0 Å². The first kappa shape index (κ1) is 17.0. The van der Waals surface area contributed by atoms with Gasteiger partial charge < -0.3 is 15.3 Å². The Hall–Kier alpha value is -0.810. The predicted octanol–water partition coefficient (Wildman–Crippen LogP) is 2.05. The molecule has 2 saturated heterocycles. The van der Waals surface area contributed by atoms with Gasteiger partial charge in [0.1, 0.15) is 0 Å². The highest BCUT2D eigenvalue weighted by Crippen LogP contribution is 2.39. The number of nitrogens with one attached hydrogen (secondary N) is 1. The minimum Gasteiger partial charge on any atom is -0.389 e. The van der Waals surface area contributed by atoms with Gasteiger partial charge in [-0.3, -0.25) is 4.90 Å². The third-order valence-corrected chi connectivity index (χ3v) is 5.89. The van der Waals surface area contributed by atoms with Crippen LogP contribution in [0.5, 0.6) is 0 Å². The fraction of sp³-hybridized carbons (Fsp3) is 0.944. The third-order valence-electron chi connectivity index (χ3n) is 5.89. The number of likely N-dealkylation sites (tertiary alicyclic amines) is 2. The van der Waals surface area contributed by atoms with E-state index in [-0.39, 0.29) is 12.1 Å². The van der Waals surface area contributed by atoms with Gasteiger partial charge in [-0.15, -0.1) is 0 Å². The van der Waals surface area contributed by atoms with Crippen LogP contribution in [0, 0.1) is 11.8 Å². The molecule has 3 rings (SSSR count). The van der Waals surface area contributed by atoms with Crippen LogP contribution in [0.1, 0.15) is 52.9 Å². The van der Waals surface area contributed by atoms with Crippen molar-refractivity contribution in [3.63, 3.8) is 0 Å². The lowest BCUT2D eigenvalue weighted by atomic mass is 9.72. The monoisotopic (exact) mass is 323 g/mol. The highest BCUT2D eigenvalue weighted by atomic mass is 16.3. The molecule has 0 bridgehead atoms. The van der Waals surface area contributed by atoms with Gasteiger partial charge in [-0.1, -0.05) is 19.3 Å². The van der Waals surface area contributed by atoms with Crippen LogP contribution in [0.3, 0.4) is 0 Å². The van der Waals surface area contributed by atoms with Gasteiger partial charge in [-0.05, 0) is 45.4 Å². The summed E-state index contributed by atoms with van der Waals surface area (Å²) in [6, 6.07) is 0.717. The van der Waals surface area contributed by atoms with Crippen molar-refractivity contribution in [2.75, 3.05) is 26.2 Å². The van der Waals surface area contributed by atoms with E-state index in [1.54, 1.807) is 0 Å². The van der Waals surface area contributed by atoms with Crippen LogP contribution >= 0.6 is 0 Å². The normalized spacial score (nSPS) is 30.7. The van der Waals surface area contributed by atoms with Crippen molar-refractivity contribution in [2.45, 2.75) is 70.6 Å². The number of nitrogens with zero attached hydrogens (tertiary/aromatic N) is 2. The zero-order valence-electron chi connectivity index (χ0n) is 14.9. The minimum absolute atomic E-state index is 0.120. The highest BCUT2D eigenvalue weighted by Gasteiger charge is 2.37. The maximum Gasteiger partial charge on any atom is 0.317 e. The highest BCUT2D eigenvalue weighted by molar-refractivity contribution is 5.75. The molecule has 5 heteroatoms. The van der Waals surface area contributed by atoms with Gasteiger partial charge in [0.05, 0.1) is 11.6 Å². The number of β-amino-alcohol motifs (C(OH)–C–C–N with tert-alkyl or cyclic N) is 1. The Kier molecular flexibility index (Phi) is 4.88. The number of amides is 2. The number of piperidine rings is 1. The molecule has 5 nitrogen and oxygen atoms in total. The molecule has 0 radical (unpaired) electrons. The Labute approximate surface area is 140 Å². The lowest BCUT2D eigenvalue weighted by Gasteiger charge is -2.46. The van der Waals surface area contributed by atoms with Crippen LogP contribution in [-0.4, -0.2) is 64.8 Å². The summed E-state index contributed by atoms with van der Waals surface area (Å²) in [6.07, 6.45) is 6.54. The summed E-state index contributed by atoms with van der Waals surface area (Å²) in [5.74, 6) is 1.59. The fourth-order valence-corrected chi connectivity index (χ4v) is 4.31. The second-order valence-electron chi connectivity index (χ2n) is 8.68. The molecular weight excluding hydrogens is 290 g/mol. The molecule has 3 fully saturated rings. The zero-order chi connectivity index (χ0) is 16.6. The summed E-state index contributed by atoms with van der Waals surface area (Å²) in [5, 5.41) is 13.0. The van der Waals surface area contributed by atoms with Gasteiger partial charge >= 0.3 is 6.03 Å². The lowest BCUT2D eigenvalue weighted by Crippen LogP contribution is -2.64. The molecular formula is C18H33N3O2. The molecule has 1 saturated carbocycles. The Morgan fingerprint density at radius 3 is 2.39 bits per heavy atom. The van der Waals surface area contributed by atoms with Crippen molar-refractivity contribution in [3.8, 4) is 0 Å². The largest absolute Gasteiger partial charge is 0.389 e. The topological polar surface area (TPSA) is 55.8 Å². The van der Waals surface area contributed by atoms with Crippen LogP contribution in [0.25, 0.3) is 0 Å². The number of hydrogen-bond donors (Lipinski definition) is 2. The van der Waals surface area contributed by atoms with Crippen LogP contribution < -0.4 is 5.32 Å². The first-order valence-corrected chi connectivity index (χ1v) is 9.34. The first-order valence-electron chi connectivity index (χ1n) is 9.34. The third kappa shape index (κ3) is 4.18. The Morgan fingerprint density at radius 1 is 1.13 bits per heavy atom. The number of carbonyl (C=O) groups excluding carboxylic acids is 1. The van der Waals surface area contributed by atoms with Gasteiger partial charge in [0.25, 0.3) is 0 Å². The lowest BCUT2D eigenvalue weighted by molar-refractivity contribution is 0.00278. The molecule has 0 spiro atoms. The van der Waals surface area contributed by atoms with Crippen molar-refractivity contribution >= 4 is 6.03 Å². The minimum atomic E-state index is -0.660. The van der Waals surface area contributed by atoms with Crippen molar-refractivity contribution in [1.82, 2.24) is 15.1 Å². The molecule has 2 N–H and O–H groups in total. The van der Waals surface area contributed by atoms with Crippen LogP contribution in [-0.2, 0) is 0 Å².